The van der Waals surface area contributed by atoms with Crippen molar-refractivity contribution in [3.05, 3.63) is 54.1 Å². The molecule has 1 aliphatic rings. The number of thioether (sulfide) groups is 1. The second kappa shape index (κ2) is 7.61. The highest BCUT2D eigenvalue weighted by molar-refractivity contribution is 8.00. The number of likely N-dealkylation sites (N-methyl/N-ethyl adjacent to an activating group) is 1. The number of amides is 2. The normalized spacial score (nSPS) is 15.9. The van der Waals surface area contributed by atoms with Crippen LogP contribution in [-0.2, 0) is 4.79 Å². The van der Waals surface area contributed by atoms with E-state index in [0.717, 1.165) is 10.6 Å². The van der Waals surface area contributed by atoms with Crippen LogP contribution < -0.4 is 10.1 Å². The van der Waals surface area contributed by atoms with Crippen LogP contribution in [0, 0.1) is 0 Å². The zero-order chi connectivity index (χ0) is 17.8. The second-order valence-electron chi connectivity index (χ2n) is 5.85. The molecule has 1 atom stereocenters. The van der Waals surface area contributed by atoms with Gasteiger partial charge in [0.05, 0.1) is 17.5 Å². The van der Waals surface area contributed by atoms with Crippen molar-refractivity contribution >= 4 is 29.3 Å². The first-order valence-electron chi connectivity index (χ1n) is 8.09. The molecule has 1 N–H and O–H groups in total. The lowest BCUT2D eigenvalue weighted by atomic mass is 10.1. The van der Waals surface area contributed by atoms with Gasteiger partial charge in [0.2, 0.25) is 5.91 Å². The highest BCUT2D eigenvalue weighted by Gasteiger charge is 2.24. The third-order valence-corrected chi connectivity index (χ3v) is 5.12. The third-order valence-electron chi connectivity index (χ3n) is 3.94. The largest absolute Gasteiger partial charge is 0.492 e. The van der Waals surface area contributed by atoms with Crippen LogP contribution in [0.3, 0.4) is 0 Å². The van der Waals surface area contributed by atoms with Gasteiger partial charge in [0.1, 0.15) is 12.4 Å². The van der Waals surface area contributed by atoms with Gasteiger partial charge >= 0.3 is 0 Å². The monoisotopic (exact) mass is 356 g/mol. The summed E-state index contributed by atoms with van der Waals surface area (Å²) in [5.74, 6) is 0.648. The summed E-state index contributed by atoms with van der Waals surface area (Å²) in [4.78, 5) is 27.0. The smallest absolute Gasteiger partial charge is 0.253 e. The van der Waals surface area contributed by atoms with Crippen LogP contribution in [0.5, 0.6) is 5.75 Å². The highest BCUT2D eigenvalue weighted by Crippen LogP contribution is 2.36. The molecular formula is C19H20N2O3S. The molecule has 0 fully saturated rings. The van der Waals surface area contributed by atoms with Gasteiger partial charge in [0.25, 0.3) is 5.91 Å². The second-order valence-corrected chi connectivity index (χ2v) is 7.23. The molecule has 0 spiro atoms. The van der Waals surface area contributed by atoms with Crippen molar-refractivity contribution < 1.29 is 14.3 Å². The number of ether oxygens (including phenoxy) is 1. The lowest BCUT2D eigenvalue weighted by molar-refractivity contribution is -0.115. The minimum absolute atomic E-state index is 0.0354. The molecule has 1 aliphatic heterocycles. The molecule has 0 saturated carbocycles. The molecule has 3 rings (SSSR count). The predicted molar refractivity (Wildman–Crippen MR) is 99.3 cm³/mol. The molecule has 2 aromatic rings. The molecule has 0 unspecified atom stereocenters. The molecule has 6 heteroatoms. The van der Waals surface area contributed by atoms with E-state index in [-0.39, 0.29) is 17.1 Å². The van der Waals surface area contributed by atoms with Crippen molar-refractivity contribution in [2.75, 3.05) is 25.5 Å². The van der Waals surface area contributed by atoms with Crippen LogP contribution in [0.15, 0.2) is 53.4 Å². The summed E-state index contributed by atoms with van der Waals surface area (Å²) in [6.45, 7) is 2.76. The van der Waals surface area contributed by atoms with Crippen molar-refractivity contribution in [2.24, 2.45) is 0 Å². The van der Waals surface area contributed by atoms with E-state index < -0.39 is 0 Å². The van der Waals surface area contributed by atoms with Crippen LogP contribution in [0.25, 0.3) is 0 Å². The number of hydrogen-bond acceptors (Lipinski definition) is 4. The molecule has 0 bridgehead atoms. The number of anilines is 1. The minimum atomic E-state index is -0.119. The maximum atomic E-state index is 12.6. The topological polar surface area (TPSA) is 58.6 Å². The summed E-state index contributed by atoms with van der Waals surface area (Å²) in [6.07, 6.45) is 0. The van der Waals surface area contributed by atoms with Crippen molar-refractivity contribution in [1.29, 1.82) is 0 Å². The molecule has 130 valence electrons. The van der Waals surface area contributed by atoms with E-state index in [0.29, 0.717) is 24.4 Å². The average Bonchev–Trinajstić information content (AvgIpc) is 2.62. The molecule has 2 aromatic carbocycles. The molecule has 0 aromatic heterocycles. The zero-order valence-electron chi connectivity index (χ0n) is 14.2. The van der Waals surface area contributed by atoms with Crippen molar-refractivity contribution in [3.63, 3.8) is 0 Å². The lowest BCUT2D eigenvalue weighted by Gasteiger charge is -2.23. The quantitative estimate of drug-likeness (QED) is 0.893. The van der Waals surface area contributed by atoms with Gasteiger partial charge < -0.3 is 15.0 Å². The number of hydrogen-bond donors (Lipinski definition) is 1. The molecule has 5 nitrogen and oxygen atoms in total. The number of carbonyl (C=O) groups excluding carboxylic acids is 2. The van der Waals surface area contributed by atoms with Gasteiger partial charge in [0, 0.05) is 17.5 Å². The van der Waals surface area contributed by atoms with Gasteiger partial charge in [-0.3, -0.25) is 9.59 Å². The minimum Gasteiger partial charge on any atom is -0.492 e. The summed E-state index contributed by atoms with van der Waals surface area (Å²) in [5.41, 5.74) is 1.25. The number of nitrogens with zero attached hydrogens (tertiary/aromatic N) is 1. The Bertz CT molecular complexity index is 779. The maximum Gasteiger partial charge on any atom is 0.253 e. The van der Waals surface area contributed by atoms with Crippen molar-refractivity contribution in [2.45, 2.75) is 17.1 Å². The highest BCUT2D eigenvalue weighted by atomic mass is 32.2. The van der Waals surface area contributed by atoms with E-state index in [9.17, 15) is 9.59 Å². The Labute approximate surface area is 151 Å². The van der Waals surface area contributed by atoms with Crippen molar-refractivity contribution in [1.82, 2.24) is 4.90 Å². The van der Waals surface area contributed by atoms with Crippen LogP contribution in [0.4, 0.5) is 5.69 Å². The summed E-state index contributed by atoms with van der Waals surface area (Å²) in [6, 6.07) is 14.9. The fourth-order valence-corrected chi connectivity index (χ4v) is 3.41. The van der Waals surface area contributed by atoms with Crippen LogP contribution in [0.2, 0.25) is 0 Å². The first-order valence-corrected chi connectivity index (χ1v) is 8.97. The number of para-hydroxylation sites is 1. The SMILES string of the molecule is C[C@@H]1Sc2ccc(C(=O)N(C)CCOc3ccccc3)cc2NC1=O. The summed E-state index contributed by atoms with van der Waals surface area (Å²) in [7, 11) is 1.74. The third kappa shape index (κ3) is 4.14. The molecule has 2 amide bonds. The van der Waals surface area contributed by atoms with Gasteiger partial charge in [-0.2, -0.15) is 0 Å². The van der Waals surface area contributed by atoms with E-state index in [4.69, 9.17) is 4.74 Å². The number of benzene rings is 2. The van der Waals surface area contributed by atoms with E-state index in [2.05, 4.69) is 5.32 Å². The van der Waals surface area contributed by atoms with Gasteiger partial charge in [-0.25, -0.2) is 0 Å². The summed E-state index contributed by atoms with van der Waals surface area (Å²) < 4.78 is 5.62. The Morgan fingerprint density at radius 3 is 2.76 bits per heavy atom. The lowest BCUT2D eigenvalue weighted by Crippen LogP contribution is -2.31. The van der Waals surface area contributed by atoms with Gasteiger partial charge in [0.15, 0.2) is 0 Å². The van der Waals surface area contributed by atoms with Crippen LogP contribution in [-0.4, -0.2) is 42.2 Å². The van der Waals surface area contributed by atoms with E-state index in [1.807, 2.05) is 43.3 Å². The van der Waals surface area contributed by atoms with Gasteiger partial charge in [-0.1, -0.05) is 18.2 Å². The molecule has 0 radical (unpaired) electrons. The fourth-order valence-electron chi connectivity index (χ4n) is 2.48. The summed E-state index contributed by atoms with van der Waals surface area (Å²) >= 11 is 1.50. The molecular weight excluding hydrogens is 336 g/mol. The first-order chi connectivity index (χ1) is 12.0. The summed E-state index contributed by atoms with van der Waals surface area (Å²) in [5, 5.41) is 2.73. The molecule has 0 saturated heterocycles. The standard InChI is InChI=1S/C19H20N2O3S/c1-13-18(22)20-16-12-14(8-9-17(16)25-13)19(23)21(2)10-11-24-15-6-4-3-5-7-15/h3-9,12-13H,10-11H2,1-2H3,(H,20,22)/t13-/m0/s1. The van der Waals surface area contributed by atoms with Gasteiger partial charge in [-0.15, -0.1) is 11.8 Å². The van der Waals surface area contributed by atoms with E-state index in [1.54, 1.807) is 24.1 Å². The number of fused-ring (bicyclic) bond motifs is 1. The Hall–Kier alpha value is -2.47. The van der Waals surface area contributed by atoms with E-state index in [1.165, 1.54) is 11.8 Å². The number of carbonyl (C=O) groups is 2. The number of rotatable bonds is 5. The molecule has 1 heterocycles. The molecule has 25 heavy (non-hydrogen) atoms. The fraction of sp³-hybridized carbons (Fsp3) is 0.263. The Kier molecular flexibility index (Phi) is 5.28. The van der Waals surface area contributed by atoms with Gasteiger partial charge in [-0.05, 0) is 37.3 Å². The maximum absolute atomic E-state index is 12.6. The zero-order valence-corrected chi connectivity index (χ0v) is 15.0. The van der Waals surface area contributed by atoms with Crippen LogP contribution >= 0.6 is 11.8 Å². The predicted octanol–water partition coefficient (Wildman–Crippen LogP) is 3.27. The Morgan fingerprint density at radius 1 is 1.24 bits per heavy atom. The Balaban J connectivity index is 1.60. The first kappa shape index (κ1) is 17.4. The van der Waals surface area contributed by atoms with Crippen molar-refractivity contribution in [3.8, 4) is 5.75 Å². The average molecular weight is 356 g/mol. The Morgan fingerprint density at radius 2 is 2.00 bits per heavy atom. The number of nitrogens with one attached hydrogen (secondary N) is 1. The molecule has 0 aliphatic carbocycles. The van der Waals surface area contributed by atoms with E-state index >= 15 is 0 Å². The van der Waals surface area contributed by atoms with Crippen LogP contribution in [0.1, 0.15) is 17.3 Å².